The molecule has 1 saturated carbocycles. The molecule has 1 aliphatic carbocycles. The van der Waals surface area contributed by atoms with Gasteiger partial charge in [0.05, 0.1) is 11.2 Å². The van der Waals surface area contributed by atoms with Crippen LogP contribution < -0.4 is 5.32 Å². The molecular weight excluding hydrogens is 174 g/mol. The van der Waals surface area contributed by atoms with E-state index < -0.39 is 0 Å². The van der Waals surface area contributed by atoms with Crippen molar-refractivity contribution in [1.82, 2.24) is 5.32 Å². The number of hydrogen-bond donors (Lipinski definition) is 1. The van der Waals surface area contributed by atoms with Gasteiger partial charge in [-0.15, -0.1) is 0 Å². The number of ether oxygens (including phenoxy) is 1. The van der Waals surface area contributed by atoms with Crippen LogP contribution in [0, 0.1) is 5.92 Å². The third kappa shape index (κ3) is 1.82. The molecular formula is C12H23NO. The summed E-state index contributed by atoms with van der Waals surface area (Å²) in [6.45, 7) is 8.78. The maximum atomic E-state index is 6.35. The average molecular weight is 197 g/mol. The van der Waals surface area contributed by atoms with Crippen LogP contribution in [0.4, 0.5) is 0 Å². The molecule has 1 saturated heterocycles. The smallest absolute Gasteiger partial charge is 0.0839 e. The molecule has 2 fully saturated rings. The summed E-state index contributed by atoms with van der Waals surface area (Å²) in [5.41, 5.74) is 0.157. The molecule has 2 aliphatic rings. The van der Waals surface area contributed by atoms with E-state index in [1.165, 1.54) is 25.7 Å². The van der Waals surface area contributed by atoms with E-state index in [1.807, 2.05) is 0 Å². The zero-order chi connectivity index (χ0) is 10.2. The van der Waals surface area contributed by atoms with Gasteiger partial charge >= 0.3 is 0 Å². The van der Waals surface area contributed by atoms with Crippen molar-refractivity contribution in [2.45, 2.75) is 57.7 Å². The molecule has 2 atom stereocenters. The second-order valence-electron chi connectivity index (χ2n) is 5.68. The van der Waals surface area contributed by atoms with Crippen LogP contribution in [0.25, 0.3) is 0 Å². The Hall–Kier alpha value is -0.0800. The van der Waals surface area contributed by atoms with Gasteiger partial charge in [0, 0.05) is 13.1 Å². The van der Waals surface area contributed by atoms with E-state index in [0.717, 1.165) is 13.1 Å². The fourth-order valence-electron chi connectivity index (χ4n) is 3.00. The highest BCUT2D eigenvalue weighted by molar-refractivity contribution is 4.97. The lowest BCUT2D eigenvalue weighted by molar-refractivity contribution is -0.196. The fraction of sp³-hybridized carbons (Fsp3) is 1.00. The summed E-state index contributed by atoms with van der Waals surface area (Å²) in [6, 6.07) is 0. The van der Waals surface area contributed by atoms with Gasteiger partial charge in [-0.1, -0.05) is 19.8 Å². The third-order valence-electron chi connectivity index (χ3n) is 3.84. The minimum Gasteiger partial charge on any atom is -0.366 e. The highest BCUT2D eigenvalue weighted by Crippen LogP contribution is 2.40. The maximum absolute atomic E-state index is 6.35. The lowest BCUT2D eigenvalue weighted by Crippen LogP contribution is -2.61. The van der Waals surface area contributed by atoms with E-state index in [-0.39, 0.29) is 11.2 Å². The van der Waals surface area contributed by atoms with Crippen LogP contribution in [-0.4, -0.2) is 24.3 Å². The van der Waals surface area contributed by atoms with Crippen molar-refractivity contribution >= 4 is 0 Å². The predicted molar refractivity (Wildman–Crippen MR) is 58.4 cm³/mol. The van der Waals surface area contributed by atoms with Crippen molar-refractivity contribution in [2.24, 2.45) is 5.92 Å². The zero-order valence-corrected chi connectivity index (χ0v) is 9.73. The summed E-state index contributed by atoms with van der Waals surface area (Å²) in [5.74, 6) is 0.711. The largest absolute Gasteiger partial charge is 0.366 e. The molecule has 82 valence electrons. The van der Waals surface area contributed by atoms with Crippen molar-refractivity contribution < 1.29 is 4.74 Å². The summed E-state index contributed by atoms with van der Waals surface area (Å²) in [5, 5.41) is 3.54. The Kier molecular flexibility index (Phi) is 2.61. The van der Waals surface area contributed by atoms with E-state index in [9.17, 15) is 0 Å². The van der Waals surface area contributed by atoms with Crippen LogP contribution in [0.5, 0.6) is 0 Å². The molecule has 0 aromatic heterocycles. The first-order valence-electron chi connectivity index (χ1n) is 5.95. The lowest BCUT2D eigenvalue weighted by atomic mass is 9.74. The molecule has 2 rings (SSSR count). The van der Waals surface area contributed by atoms with E-state index in [0.29, 0.717) is 5.92 Å². The number of rotatable bonds is 0. The summed E-state index contributed by atoms with van der Waals surface area (Å²) >= 11 is 0. The molecule has 0 bridgehead atoms. The van der Waals surface area contributed by atoms with Gasteiger partial charge in [0.2, 0.25) is 0 Å². The standard InChI is InChI=1S/C12H23NO/c1-10-6-4-5-7-12(10)9-13-8-11(2,3)14-12/h10,13H,4-9H2,1-3H3. The van der Waals surface area contributed by atoms with Gasteiger partial charge in [0.15, 0.2) is 0 Å². The van der Waals surface area contributed by atoms with Gasteiger partial charge in [0.25, 0.3) is 0 Å². The van der Waals surface area contributed by atoms with Crippen LogP contribution in [0.15, 0.2) is 0 Å². The van der Waals surface area contributed by atoms with Gasteiger partial charge in [0.1, 0.15) is 0 Å². The van der Waals surface area contributed by atoms with E-state index in [2.05, 4.69) is 26.1 Å². The Morgan fingerprint density at radius 3 is 2.64 bits per heavy atom. The van der Waals surface area contributed by atoms with Crippen molar-refractivity contribution in [2.75, 3.05) is 13.1 Å². The molecule has 0 aromatic carbocycles. The van der Waals surface area contributed by atoms with Gasteiger partial charge in [-0.05, 0) is 32.6 Å². The molecule has 0 aromatic rings. The van der Waals surface area contributed by atoms with Crippen LogP contribution >= 0.6 is 0 Å². The minimum absolute atomic E-state index is 0.0177. The first kappa shape index (κ1) is 10.4. The third-order valence-corrected chi connectivity index (χ3v) is 3.84. The van der Waals surface area contributed by atoms with Crippen LogP contribution in [0.3, 0.4) is 0 Å². The molecule has 2 unspecified atom stereocenters. The Balaban J connectivity index is 2.13. The van der Waals surface area contributed by atoms with Crippen molar-refractivity contribution in [3.8, 4) is 0 Å². The SMILES string of the molecule is CC1CCCCC12CNCC(C)(C)O2. The van der Waals surface area contributed by atoms with Crippen LogP contribution in [-0.2, 0) is 4.74 Å². The summed E-state index contributed by atoms with van der Waals surface area (Å²) < 4.78 is 6.35. The highest BCUT2D eigenvalue weighted by atomic mass is 16.5. The van der Waals surface area contributed by atoms with Gasteiger partial charge in [-0.3, -0.25) is 0 Å². The van der Waals surface area contributed by atoms with Crippen molar-refractivity contribution in [1.29, 1.82) is 0 Å². The molecule has 0 radical (unpaired) electrons. The number of nitrogens with one attached hydrogen (secondary N) is 1. The zero-order valence-electron chi connectivity index (χ0n) is 9.73. The Morgan fingerprint density at radius 1 is 1.21 bits per heavy atom. The van der Waals surface area contributed by atoms with Crippen LogP contribution in [0.1, 0.15) is 46.5 Å². The molecule has 0 amide bonds. The van der Waals surface area contributed by atoms with E-state index in [1.54, 1.807) is 0 Å². The normalized spacial score (nSPS) is 42.6. The monoisotopic (exact) mass is 197 g/mol. The first-order chi connectivity index (χ1) is 6.54. The topological polar surface area (TPSA) is 21.3 Å². The molecule has 1 N–H and O–H groups in total. The predicted octanol–water partition coefficient (Wildman–Crippen LogP) is 2.33. The molecule has 14 heavy (non-hydrogen) atoms. The quantitative estimate of drug-likeness (QED) is 0.643. The van der Waals surface area contributed by atoms with Gasteiger partial charge in [-0.2, -0.15) is 0 Å². The lowest BCUT2D eigenvalue weighted by Gasteiger charge is -2.51. The average Bonchev–Trinajstić information content (AvgIpc) is 2.09. The number of hydrogen-bond acceptors (Lipinski definition) is 2. The number of morpholine rings is 1. The van der Waals surface area contributed by atoms with E-state index in [4.69, 9.17) is 4.74 Å². The van der Waals surface area contributed by atoms with Gasteiger partial charge in [-0.25, -0.2) is 0 Å². The molecule has 1 heterocycles. The second-order valence-corrected chi connectivity index (χ2v) is 5.68. The molecule has 2 nitrogen and oxygen atoms in total. The Morgan fingerprint density at radius 2 is 2.00 bits per heavy atom. The minimum atomic E-state index is 0.0177. The van der Waals surface area contributed by atoms with Crippen molar-refractivity contribution in [3.05, 3.63) is 0 Å². The maximum Gasteiger partial charge on any atom is 0.0839 e. The summed E-state index contributed by atoms with van der Waals surface area (Å²) in [7, 11) is 0. The summed E-state index contributed by atoms with van der Waals surface area (Å²) in [4.78, 5) is 0. The first-order valence-corrected chi connectivity index (χ1v) is 5.95. The Labute approximate surface area is 87.4 Å². The molecule has 1 aliphatic heterocycles. The Bertz CT molecular complexity index is 210. The molecule has 1 spiro atoms. The summed E-state index contributed by atoms with van der Waals surface area (Å²) in [6.07, 6.45) is 5.29. The molecule has 2 heteroatoms. The fourth-order valence-corrected chi connectivity index (χ4v) is 3.00. The van der Waals surface area contributed by atoms with Crippen molar-refractivity contribution in [3.63, 3.8) is 0 Å². The second kappa shape index (κ2) is 3.49. The van der Waals surface area contributed by atoms with E-state index >= 15 is 0 Å². The van der Waals surface area contributed by atoms with Crippen LogP contribution in [0.2, 0.25) is 0 Å². The highest BCUT2D eigenvalue weighted by Gasteiger charge is 2.45. The van der Waals surface area contributed by atoms with Gasteiger partial charge < -0.3 is 10.1 Å².